The van der Waals surface area contributed by atoms with Crippen molar-refractivity contribution in [3.63, 3.8) is 0 Å². The maximum Gasteiger partial charge on any atom is 0.0434 e. The zero-order valence-corrected chi connectivity index (χ0v) is 59.5. The van der Waals surface area contributed by atoms with Crippen molar-refractivity contribution in [2.45, 2.75) is 0 Å². The van der Waals surface area contributed by atoms with Gasteiger partial charge in [-0.25, -0.2) is 0 Å². The van der Waals surface area contributed by atoms with E-state index in [1.54, 1.807) is 0 Å². The first kappa shape index (κ1) is 60.6. The van der Waals surface area contributed by atoms with Crippen molar-refractivity contribution in [1.29, 1.82) is 0 Å². The molecule has 22 aromatic rings. The molecule has 0 radical (unpaired) electrons. The summed E-state index contributed by atoms with van der Waals surface area (Å²) in [4.78, 5) is 0. The highest BCUT2D eigenvalue weighted by Gasteiger charge is 2.23. The van der Waals surface area contributed by atoms with E-state index in [2.05, 4.69) is 364 Å². The molecule has 22 rings (SSSR count). The van der Waals surface area contributed by atoms with Gasteiger partial charge in [-0.05, 0) is 170 Å². The predicted molar refractivity (Wildman–Crippen MR) is 458 cm³/mol. The average molecular weight is 1390 g/mol. The normalized spacial score (nSPS) is 11.8. The van der Waals surface area contributed by atoms with Gasteiger partial charge in [-0.2, -0.15) is 0 Å². The quantitative estimate of drug-likeness (QED) is 0.133. The second-order valence-corrected chi connectivity index (χ2v) is 31.4. The van der Waals surface area contributed by atoms with E-state index in [4.69, 9.17) is 0 Å². The number of fused-ring (bicyclic) bond motifs is 16. The average Bonchev–Trinajstić information content (AvgIpc) is 1.07. The zero-order chi connectivity index (χ0) is 68.3. The van der Waals surface area contributed by atoms with Gasteiger partial charge in [0.15, 0.2) is 0 Å². The molecule has 0 aliphatic heterocycles. The molecule has 0 aliphatic rings. The molecule has 484 valence electrons. The summed E-state index contributed by atoms with van der Waals surface area (Å²) in [6.45, 7) is 0. The molecular weight excluding hydrogens is 1330 g/mol. The van der Waals surface area contributed by atoms with Crippen LogP contribution in [0.15, 0.2) is 364 Å². The molecular formula is C100H60S4. The van der Waals surface area contributed by atoms with Crippen LogP contribution in [0.4, 0.5) is 0 Å². The third-order valence-electron chi connectivity index (χ3n) is 21.4. The van der Waals surface area contributed by atoms with Gasteiger partial charge in [-0.1, -0.05) is 315 Å². The van der Waals surface area contributed by atoms with Gasteiger partial charge < -0.3 is 0 Å². The molecule has 104 heavy (non-hydrogen) atoms. The largest absolute Gasteiger partial charge is 0.135 e. The van der Waals surface area contributed by atoms with Gasteiger partial charge in [0.05, 0.1) is 0 Å². The Labute approximate surface area is 617 Å². The fourth-order valence-corrected chi connectivity index (χ4v) is 21.5. The van der Waals surface area contributed by atoms with Crippen molar-refractivity contribution < 1.29 is 0 Å². The van der Waals surface area contributed by atoms with Crippen molar-refractivity contribution in [2.24, 2.45) is 0 Å². The Kier molecular flexibility index (Phi) is 14.5. The lowest BCUT2D eigenvalue weighted by atomic mass is 9.85. The maximum atomic E-state index is 2.48. The first-order valence-electron chi connectivity index (χ1n) is 35.5. The van der Waals surface area contributed by atoms with E-state index in [9.17, 15) is 0 Å². The third-order valence-corrected chi connectivity index (χ3v) is 26.1. The standard InChI is InChI=1S/2C50H30S2/c1-2-12-31(13-3-1)32-26-28-33(29-27-32)48-38-18-8-16-34(40-20-10-22-42-36-14-4-6-24-46(36)51-49(40)42)44(38)30-45-35(17-9-19-39(45)48)41-21-11-23-43-37-15-5-7-25-47(37)52-50(41)43;1-2-12-31(13-3-1)32-26-28-33(29-27-32)48-38-18-8-16-34(36-20-10-24-46-49(36)40-14-4-6-22-44(40)51-46)42(38)30-43-35(17-9-19-39(43)48)37-21-11-25-47-50(37)41-15-5-7-23-45(41)52-47/h2*1-30H. The van der Waals surface area contributed by atoms with E-state index >= 15 is 0 Å². The van der Waals surface area contributed by atoms with Crippen molar-refractivity contribution in [2.75, 3.05) is 0 Å². The summed E-state index contributed by atoms with van der Waals surface area (Å²) in [7, 11) is 0. The smallest absolute Gasteiger partial charge is 0.0434 e. The van der Waals surface area contributed by atoms with Gasteiger partial charge in [0, 0.05) is 91.8 Å². The lowest BCUT2D eigenvalue weighted by Gasteiger charge is -2.18. The van der Waals surface area contributed by atoms with Crippen molar-refractivity contribution >= 4 is 169 Å². The second kappa shape index (κ2) is 24.9. The van der Waals surface area contributed by atoms with Gasteiger partial charge in [0.2, 0.25) is 0 Å². The summed E-state index contributed by atoms with van der Waals surface area (Å²) in [5.74, 6) is 0. The highest BCUT2D eigenvalue weighted by molar-refractivity contribution is 7.27. The zero-order valence-electron chi connectivity index (χ0n) is 56.3. The SMILES string of the molecule is c1ccc(-c2ccc(-c3c4cccc(-c5cccc6c5sc5ccccc56)c4cc4c(-c5cccc6c5sc5ccccc56)cccc34)cc2)cc1.c1ccc(-c2ccc(-c3c4cccc(-c5cccc6sc7ccccc7c56)c4cc4c(-c5cccc6sc7ccccc7c56)cccc34)cc2)cc1. The molecule has 0 amide bonds. The first-order valence-corrected chi connectivity index (χ1v) is 38.8. The molecule has 0 atom stereocenters. The number of hydrogen-bond acceptors (Lipinski definition) is 4. The molecule has 0 saturated heterocycles. The molecule has 4 aromatic heterocycles. The van der Waals surface area contributed by atoms with Crippen molar-refractivity contribution in [3.8, 4) is 89.0 Å². The van der Waals surface area contributed by atoms with Crippen LogP contribution >= 0.6 is 45.3 Å². The summed E-state index contributed by atoms with van der Waals surface area (Å²) in [5, 5.41) is 20.8. The number of rotatable bonds is 8. The molecule has 0 saturated carbocycles. The van der Waals surface area contributed by atoms with Gasteiger partial charge in [0.25, 0.3) is 0 Å². The van der Waals surface area contributed by atoms with Crippen LogP contribution in [0.1, 0.15) is 0 Å². The van der Waals surface area contributed by atoms with Gasteiger partial charge in [-0.3, -0.25) is 0 Å². The Hall–Kier alpha value is -12.1. The summed E-state index contributed by atoms with van der Waals surface area (Å²) >= 11 is 7.56. The fraction of sp³-hybridized carbons (Fsp3) is 0. The molecule has 0 aliphatic carbocycles. The van der Waals surface area contributed by atoms with Crippen LogP contribution in [0.5, 0.6) is 0 Å². The van der Waals surface area contributed by atoms with E-state index in [0.29, 0.717) is 0 Å². The Balaban J connectivity index is 0.000000134. The number of benzene rings is 18. The minimum absolute atomic E-state index is 1.22. The molecule has 18 aromatic carbocycles. The summed E-state index contributed by atoms with van der Waals surface area (Å²) in [6, 6.07) is 135. The molecule has 0 unspecified atom stereocenters. The molecule has 4 heteroatoms. The van der Waals surface area contributed by atoms with E-state index in [-0.39, 0.29) is 0 Å². The van der Waals surface area contributed by atoms with Crippen molar-refractivity contribution in [3.05, 3.63) is 364 Å². The molecule has 0 fully saturated rings. The van der Waals surface area contributed by atoms with Crippen LogP contribution in [-0.4, -0.2) is 0 Å². The van der Waals surface area contributed by atoms with Crippen LogP contribution in [0.2, 0.25) is 0 Å². The minimum atomic E-state index is 1.22. The highest BCUT2D eigenvalue weighted by Crippen LogP contribution is 2.52. The summed E-state index contributed by atoms with van der Waals surface area (Å²) in [5.41, 5.74) is 20.2. The molecule has 0 nitrogen and oxygen atoms in total. The van der Waals surface area contributed by atoms with Gasteiger partial charge >= 0.3 is 0 Å². The molecule has 0 spiro atoms. The molecule has 4 heterocycles. The van der Waals surface area contributed by atoms with E-state index < -0.39 is 0 Å². The Morgan fingerprint density at radius 2 is 0.385 bits per heavy atom. The topological polar surface area (TPSA) is 0 Å². The molecule has 0 bridgehead atoms. The monoisotopic (exact) mass is 1390 g/mol. The first-order chi connectivity index (χ1) is 51.6. The van der Waals surface area contributed by atoms with Crippen LogP contribution in [0, 0.1) is 0 Å². The Morgan fingerprint density at radius 3 is 0.760 bits per heavy atom. The van der Waals surface area contributed by atoms with Crippen LogP contribution in [-0.2, 0) is 0 Å². The van der Waals surface area contributed by atoms with Crippen LogP contribution in [0.3, 0.4) is 0 Å². The molecule has 0 N–H and O–H groups in total. The lowest BCUT2D eigenvalue weighted by molar-refractivity contribution is 1.61. The summed E-state index contributed by atoms with van der Waals surface area (Å²) < 4.78 is 10.6. The summed E-state index contributed by atoms with van der Waals surface area (Å²) in [6.07, 6.45) is 0. The minimum Gasteiger partial charge on any atom is -0.135 e. The second-order valence-electron chi connectivity index (χ2n) is 27.1. The van der Waals surface area contributed by atoms with E-state index in [1.807, 2.05) is 45.3 Å². The lowest BCUT2D eigenvalue weighted by Crippen LogP contribution is -1.91. The third kappa shape index (κ3) is 9.89. The number of hydrogen-bond donors (Lipinski definition) is 0. The van der Waals surface area contributed by atoms with Crippen LogP contribution in [0.25, 0.3) is 213 Å². The Morgan fingerprint density at radius 1 is 0.135 bits per heavy atom. The van der Waals surface area contributed by atoms with Crippen molar-refractivity contribution in [1.82, 2.24) is 0 Å². The van der Waals surface area contributed by atoms with Gasteiger partial charge in [-0.15, -0.1) is 45.3 Å². The Bertz CT molecular complexity index is 6850. The number of thiophene rings is 4. The van der Waals surface area contributed by atoms with Gasteiger partial charge in [0.1, 0.15) is 0 Å². The van der Waals surface area contributed by atoms with Crippen LogP contribution < -0.4 is 0 Å². The van der Waals surface area contributed by atoms with E-state index in [1.165, 1.54) is 213 Å². The fourth-order valence-electron chi connectivity index (χ4n) is 16.7. The van der Waals surface area contributed by atoms with E-state index in [0.717, 1.165) is 0 Å². The highest BCUT2D eigenvalue weighted by atomic mass is 32.1. The maximum absolute atomic E-state index is 2.48. The predicted octanol–water partition coefficient (Wildman–Crippen LogP) is 30.8.